The third-order valence-corrected chi connectivity index (χ3v) is 3.87. The number of carbonyl (C=O) groups excluding carboxylic acids is 2. The summed E-state index contributed by atoms with van der Waals surface area (Å²) in [4.78, 5) is 34.0. The molecule has 0 saturated carbocycles. The lowest BCUT2D eigenvalue weighted by molar-refractivity contribution is -0.384. The number of halogens is 1. The maximum absolute atomic E-state index is 12.0. The molecule has 0 bridgehead atoms. The zero-order chi connectivity index (χ0) is 18.4. The fourth-order valence-electron chi connectivity index (χ4n) is 1.77. The van der Waals surface area contributed by atoms with Crippen molar-refractivity contribution in [1.29, 1.82) is 0 Å². The number of hydrogen-bond donors (Lipinski definition) is 3. The molecule has 8 nitrogen and oxygen atoms in total. The Morgan fingerprint density at radius 3 is 2.24 bits per heavy atom. The number of nitrogens with zero attached hydrogens (tertiary/aromatic N) is 1. The second-order valence-electron chi connectivity index (χ2n) is 4.65. The molecule has 0 spiro atoms. The average molecular weight is 423 g/mol. The topological polar surface area (TPSA) is 113 Å². The standard InChI is InChI=1S/C15H11BrN4O4S/c16-12-4-2-1-3-11(12)14(22)18-19-15(25)17-13(21)9-5-7-10(8-6-9)20(23)24/h1-8H,(H,18,22)(H2,17,19,21,25). The fraction of sp³-hybridized carbons (Fsp3) is 0. The van der Waals surface area contributed by atoms with E-state index in [9.17, 15) is 19.7 Å². The summed E-state index contributed by atoms with van der Waals surface area (Å²) in [6, 6.07) is 11.8. The summed E-state index contributed by atoms with van der Waals surface area (Å²) in [5, 5.41) is 12.8. The molecule has 2 aromatic rings. The molecule has 0 unspecified atom stereocenters. The van der Waals surface area contributed by atoms with Crippen molar-refractivity contribution < 1.29 is 14.5 Å². The zero-order valence-corrected chi connectivity index (χ0v) is 14.9. The van der Waals surface area contributed by atoms with Gasteiger partial charge in [0, 0.05) is 22.2 Å². The number of nitro benzene ring substituents is 1. The first-order valence-corrected chi connectivity index (χ1v) is 7.99. The Kier molecular flexibility index (Phi) is 6.14. The summed E-state index contributed by atoms with van der Waals surface area (Å²) in [5.41, 5.74) is 5.21. The zero-order valence-electron chi connectivity index (χ0n) is 12.5. The van der Waals surface area contributed by atoms with Gasteiger partial charge in [-0.05, 0) is 52.4 Å². The number of carbonyl (C=O) groups is 2. The van der Waals surface area contributed by atoms with Gasteiger partial charge < -0.3 is 0 Å². The highest BCUT2D eigenvalue weighted by molar-refractivity contribution is 9.10. The molecule has 0 aliphatic heterocycles. The van der Waals surface area contributed by atoms with Crippen molar-refractivity contribution in [2.24, 2.45) is 0 Å². The molecule has 0 aromatic heterocycles. The smallest absolute Gasteiger partial charge is 0.270 e. The van der Waals surface area contributed by atoms with Crippen LogP contribution in [0.5, 0.6) is 0 Å². The van der Waals surface area contributed by atoms with Crippen molar-refractivity contribution in [3.8, 4) is 0 Å². The Morgan fingerprint density at radius 2 is 1.64 bits per heavy atom. The second-order valence-corrected chi connectivity index (χ2v) is 5.91. The van der Waals surface area contributed by atoms with Crippen LogP contribution in [-0.2, 0) is 0 Å². The van der Waals surface area contributed by atoms with Gasteiger partial charge in [-0.2, -0.15) is 0 Å². The fourth-order valence-corrected chi connectivity index (χ4v) is 2.38. The minimum Gasteiger partial charge on any atom is -0.298 e. The normalized spacial score (nSPS) is 9.80. The molecular formula is C15H11BrN4O4S. The summed E-state index contributed by atoms with van der Waals surface area (Å²) in [6.45, 7) is 0. The van der Waals surface area contributed by atoms with Gasteiger partial charge in [0.1, 0.15) is 0 Å². The van der Waals surface area contributed by atoms with E-state index in [1.54, 1.807) is 24.3 Å². The molecule has 0 heterocycles. The van der Waals surface area contributed by atoms with Gasteiger partial charge in [0.2, 0.25) is 0 Å². The Bertz CT molecular complexity index is 842. The molecule has 0 fully saturated rings. The molecular weight excluding hydrogens is 412 g/mol. The maximum atomic E-state index is 12.0. The van der Waals surface area contributed by atoms with E-state index in [1.807, 2.05) is 0 Å². The summed E-state index contributed by atoms with van der Waals surface area (Å²) in [7, 11) is 0. The minimum absolute atomic E-state index is 0.122. The Labute approximate surface area is 155 Å². The van der Waals surface area contributed by atoms with E-state index in [4.69, 9.17) is 12.2 Å². The molecule has 0 atom stereocenters. The SMILES string of the molecule is O=C(NC(=S)NNC(=O)c1ccccc1Br)c1ccc([N+](=O)[O-])cc1. The predicted octanol–water partition coefficient (Wildman–Crippen LogP) is 2.31. The first kappa shape index (κ1) is 18.5. The van der Waals surface area contributed by atoms with E-state index in [2.05, 4.69) is 32.1 Å². The van der Waals surface area contributed by atoms with Crippen LogP contribution in [-0.4, -0.2) is 21.9 Å². The Hall–Kier alpha value is -2.85. The van der Waals surface area contributed by atoms with Crippen LogP contribution in [0.2, 0.25) is 0 Å². The van der Waals surface area contributed by atoms with Crippen LogP contribution in [0.25, 0.3) is 0 Å². The number of amides is 2. The molecule has 0 radical (unpaired) electrons. The molecule has 0 aliphatic rings. The molecule has 2 amide bonds. The molecule has 128 valence electrons. The van der Waals surface area contributed by atoms with Gasteiger partial charge in [-0.3, -0.25) is 35.9 Å². The molecule has 2 rings (SSSR count). The number of non-ortho nitro benzene ring substituents is 1. The van der Waals surface area contributed by atoms with E-state index in [0.29, 0.717) is 10.0 Å². The second kappa shape index (κ2) is 8.31. The summed E-state index contributed by atoms with van der Waals surface area (Å²) >= 11 is 8.17. The molecule has 10 heteroatoms. The van der Waals surface area contributed by atoms with Gasteiger partial charge in [0.25, 0.3) is 17.5 Å². The van der Waals surface area contributed by atoms with Crippen molar-refractivity contribution in [3.05, 3.63) is 74.2 Å². The van der Waals surface area contributed by atoms with Crippen LogP contribution in [0.3, 0.4) is 0 Å². The van der Waals surface area contributed by atoms with Gasteiger partial charge >= 0.3 is 0 Å². The van der Waals surface area contributed by atoms with E-state index >= 15 is 0 Å². The van der Waals surface area contributed by atoms with Crippen molar-refractivity contribution >= 4 is 50.8 Å². The van der Waals surface area contributed by atoms with E-state index < -0.39 is 16.7 Å². The number of nitro groups is 1. The van der Waals surface area contributed by atoms with Crippen molar-refractivity contribution in [1.82, 2.24) is 16.2 Å². The third-order valence-electron chi connectivity index (χ3n) is 2.98. The van der Waals surface area contributed by atoms with Crippen LogP contribution in [0.15, 0.2) is 53.0 Å². The minimum atomic E-state index is -0.567. The van der Waals surface area contributed by atoms with E-state index in [-0.39, 0.29) is 16.4 Å². The number of thiocarbonyl (C=S) groups is 1. The van der Waals surface area contributed by atoms with Crippen LogP contribution in [0.4, 0.5) is 5.69 Å². The van der Waals surface area contributed by atoms with Crippen molar-refractivity contribution in [2.75, 3.05) is 0 Å². The first-order chi connectivity index (χ1) is 11.9. The quantitative estimate of drug-likeness (QED) is 0.397. The average Bonchev–Trinajstić information content (AvgIpc) is 2.60. The number of nitrogens with one attached hydrogen (secondary N) is 3. The third kappa shape index (κ3) is 5.06. The summed E-state index contributed by atoms with van der Waals surface area (Å²) < 4.78 is 0.607. The highest BCUT2D eigenvalue weighted by Crippen LogP contribution is 2.15. The predicted molar refractivity (Wildman–Crippen MR) is 97.9 cm³/mol. The van der Waals surface area contributed by atoms with Crippen molar-refractivity contribution in [3.63, 3.8) is 0 Å². The lowest BCUT2D eigenvalue weighted by Gasteiger charge is -2.11. The van der Waals surface area contributed by atoms with Gasteiger partial charge in [0.15, 0.2) is 5.11 Å². The van der Waals surface area contributed by atoms with Gasteiger partial charge in [-0.25, -0.2) is 0 Å². The summed E-state index contributed by atoms with van der Waals surface area (Å²) in [6.07, 6.45) is 0. The molecule has 0 saturated heterocycles. The molecule has 2 aromatic carbocycles. The van der Waals surface area contributed by atoms with Gasteiger partial charge in [-0.1, -0.05) is 12.1 Å². The summed E-state index contributed by atoms with van der Waals surface area (Å²) in [5.74, 6) is -1.01. The number of hydrogen-bond acceptors (Lipinski definition) is 5. The largest absolute Gasteiger partial charge is 0.298 e. The van der Waals surface area contributed by atoms with E-state index in [1.165, 1.54) is 24.3 Å². The van der Waals surface area contributed by atoms with Crippen LogP contribution in [0.1, 0.15) is 20.7 Å². The van der Waals surface area contributed by atoms with Crippen molar-refractivity contribution in [2.45, 2.75) is 0 Å². The van der Waals surface area contributed by atoms with Gasteiger partial charge in [0.05, 0.1) is 10.5 Å². The monoisotopic (exact) mass is 422 g/mol. The van der Waals surface area contributed by atoms with E-state index in [0.717, 1.165) is 0 Å². The van der Waals surface area contributed by atoms with Crippen LogP contribution < -0.4 is 16.2 Å². The highest BCUT2D eigenvalue weighted by Gasteiger charge is 2.12. The lowest BCUT2D eigenvalue weighted by Crippen LogP contribution is -2.48. The number of hydrazine groups is 1. The Balaban J connectivity index is 1.89. The van der Waals surface area contributed by atoms with Gasteiger partial charge in [-0.15, -0.1) is 0 Å². The molecule has 0 aliphatic carbocycles. The van der Waals surface area contributed by atoms with Crippen LogP contribution >= 0.6 is 28.1 Å². The number of rotatable bonds is 3. The first-order valence-electron chi connectivity index (χ1n) is 6.79. The Morgan fingerprint density at radius 1 is 1.00 bits per heavy atom. The molecule has 3 N–H and O–H groups in total. The lowest BCUT2D eigenvalue weighted by atomic mass is 10.2. The highest BCUT2D eigenvalue weighted by atomic mass is 79.9. The van der Waals surface area contributed by atoms with Crippen LogP contribution in [0, 0.1) is 10.1 Å². The molecule has 25 heavy (non-hydrogen) atoms. The number of benzene rings is 2. The maximum Gasteiger partial charge on any atom is 0.270 e.